The number of aryl methyl sites for hydroxylation is 1. The van der Waals surface area contributed by atoms with Gasteiger partial charge in [0, 0.05) is 5.39 Å². The lowest BCUT2D eigenvalue weighted by molar-refractivity contribution is -0.127. The van der Waals surface area contributed by atoms with Gasteiger partial charge in [-0.2, -0.15) is 0 Å². The van der Waals surface area contributed by atoms with Crippen LogP contribution in [0.3, 0.4) is 0 Å². The van der Waals surface area contributed by atoms with E-state index in [1.54, 1.807) is 6.92 Å². The second-order valence-electron chi connectivity index (χ2n) is 6.14. The first kappa shape index (κ1) is 17.8. The highest BCUT2D eigenvalue weighted by Crippen LogP contribution is 2.26. The molecule has 0 unspecified atom stereocenters. The van der Waals surface area contributed by atoms with Gasteiger partial charge >= 0.3 is 0 Å². The molecule has 3 aromatic carbocycles. The van der Waals surface area contributed by atoms with Gasteiger partial charge in [-0.05, 0) is 36.9 Å². The lowest BCUT2D eigenvalue weighted by atomic mass is 10.1. The topological polar surface area (TPSA) is 47.6 Å². The van der Waals surface area contributed by atoms with Gasteiger partial charge < -0.3 is 14.8 Å². The average molecular weight is 349 g/mol. The molecule has 0 aliphatic heterocycles. The zero-order valence-electron chi connectivity index (χ0n) is 15.1. The van der Waals surface area contributed by atoms with Gasteiger partial charge in [-0.25, -0.2) is 0 Å². The highest BCUT2D eigenvalue weighted by Gasteiger charge is 2.15. The van der Waals surface area contributed by atoms with E-state index >= 15 is 0 Å². The van der Waals surface area contributed by atoms with E-state index in [1.165, 1.54) is 0 Å². The monoisotopic (exact) mass is 349 g/mol. The zero-order valence-corrected chi connectivity index (χ0v) is 15.1. The van der Waals surface area contributed by atoms with Crippen molar-refractivity contribution in [2.45, 2.75) is 20.0 Å². The lowest BCUT2D eigenvalue weighted by Gasteiger charge is -2.16. The molecule has 0 aliphatic carbocycles. The number of nitrogens with one attached hydrogen (secondary N) is 1. The molecule has 26 heavy (non-hydrogen) atoms. The van der Waals surface area contributed by atoms with Gasteiger partial charge in [0.1, 0.15) is 18.1 Å². The van der Waals surface area contributed by atoms with Crippen LogP contribution in [-0.4, -0.2) is 25.2 Å². The summed E-state index contributed by atoms with van der Waals surface area (Å²) >= 11 is 0. The van der Waals surface area contributed by atoms with Crippen LogP contribution in [-0.2, 0) is 4.79 Å². The Morgan fingerprint density at radius 3 is 2.50 bits per heavy atom. The molecule has 0 saturated heterocycles. The SMILES string of the molecule is Cc1ccccc1OCCNC(=O)[C@@H](C)Oc1cccc2ccccc12. The molecule has 0 radical (unpaired) electrons. The molecule has 0 aliphatic rings. The highest BCUT2D eigenvalue weighted by molar-refractivity contribution is 5.89. The van der Waals surface area contributed by atoms with Crippen molar-refractivity contribution in [3.8, 4) is 11.5 Å². The lowest BCUT2D eigenvalue weighted by Crippen LogP contribution is -2.38. The Morgan fingerprint density at radius 2 is 1.65 bits per heavy atom. The van der Waals surface area contributed by atoms with Crippen molar-refractivity contribution < 1.29 is 14.3 Å². The predicted molar refractivity (Wildman–Crippen MR) is 104 cm³/mol. The van der Waals surface area contributed by atoms with Crippen molar-refractivity contribution in [3.63, 3.8) is 0 Å². The van der Waals surface area contributed by atoms with Crippen molar-refractivity contribution >= 4 is 16.7 Å². The van der Waals surface area contributed by atoms with E-state index < -0.39 is 6.10 Å². The van der Waals surface area contributed by atoms with E-state index in [9.17, 15) is 4.79 Å². The summed E-state index contributed by atoms with van der Waals surface area (Å²) in [5.74, 6) is 1.38. The minimum Gasteiger partial charge on any atom is -0.491 e. The number of rotatable bonds is 7. The molecular formula is C22H23NO3. The van der Waals surface area contributed by atoms with E-state index in [2.05, 4.69) is 5.32 Å². The van der Waals surface area contributed by atoms with E-state index in [-0.39, 0.29) is 5.91 Å². The van der Waals surface area contributed by atoms with Crippen LogP contribution < -0.4 is 14.8 Å². The maximum absolute atomic E-state index is 12.3. The fourth-order valence-electron chi connectivity index (χ4n) is 2.74. The summed E-state index contributed by atoms with van der Waals surface area (Å²) in [6, 6.07) is 21.6. The molecule has 4 nitrogen and oxygen atoms in total. The van der Waals surface area contributed by atoms with E-state index in [4.69, 9.17) is 9.47 Å². The highest BCUT2D eigenvalue weighted by atomic mass is 16.5. The van der Waals surface area contributed by atoms with Crippen LogP contribution in [0.1, 0.15) is 12.5 Å². The molecule has 0 heterocycles. The van der Waals surface area contributed by atoms with Crippen molar-refractivity contribution in [2.75, 3.05) is 13.2 Å². The summed E-state index contributed by atoms with van der Waals surface area (Å²) in [7, 11) is 0. The van der Waals surface area contributed by atoms with Crippen LogP contribution in [0.5, 0.6) is 11.5 Å². The first-order valence-electron chi connectivity index (χ1n) is 8.76. The number of carbonyl (C=O) groups excluding carboxylic acids is 1. The minimum absolute atomic E-state index is 0.161. The number of carbonyl (C=O) groups is 1. The number of fused-ring (bicyclic) bond motifs is 1. The minimum atomic E-state index is -0.584. The maximum Gasteiger partial charge on any atom is 0.260 e. The number of benzene rings is 3. The first-order valence-corrected chi connectivity index (χ1v) is 8.76. The van der Waals surface area contributed by atoms with Gasteiger partial charge in [-0.1, -0.05) is 54.6 Å². The molecular weight excluding hydrogens is 326 g/mol. The molecule has 0 saturated carbocycles. The van der Waals surface area contributed by atoms with Crippen molar-refractivity contribution in [2.24, 2.45) is 0 Å². The van der Waals surface area contributed by atoms with Gasteiger partial charge in [0.2, 0.25) is 0 Å². The van der Waals surface area contributed by atoms with Crippen LogP contribution in [0, 0.1) is 6.92 Å². The molecule has 3 rings (SSSR count). The molecule has 0 spiro atoms. The molecule has 0 bridgehead atoms. The van der Waals surface area contributed by atoms with Gasteiger partial charge in [-0.15, -0.1) is 0 Å². The third-order valence-corrected chi connectivity index (χ3v) is 4.18. The van der Waals surface area contributed by atoms with Gasteiger partial charge in [0.05, 0.1) is 6.54 Å². The Balaban J connectivity index is 1.51. The quantitative estimate of drug-likeness (QED) is 0.653. The number of amides is 1. The summed E-state index contributed by atoms with van der Waals surface area (Å²) in [4.78, 5) is 12.3. The Hall–Kier alpha value is -3.01. The van der Waals surface area contributed by atoms with Crippen molar-refractivity contribution in [1.29, 1.82) is 0 Å². The van der Waals surface area contributed by atoms with Gasteiger partial charge in [0.15, 0.2) is 6.10 Å². The molecule has 3 aromatic rings. The number of hydrogen-bond donors (Lipinski definition) is 1. The third kappa shape index (κ3) is 4.33. The Bertz CT molecular complexity index is 886. The molecule has 0 aromatic heterocycles. The van der Waals surface area contributed by atoms with E-state index in [0.29, 0.717) is 18.9 Å². The molecule has 0 fully saturated rings. The predicted octanol–water partition coefficient (Wildman–Crippen LogP) is 4.11. The summed E-state index contributed by atoms with van der Waals surface area (Å²) in [5, 5.41) is 4.94. The van der Waals surface area contributed by atoms with E-state index in [0.717, 1.165) is 22.1 Å². The molecule has 4 heteroatoms. The standard InChI is InChI=1S/C22H23NO3/c1-16-8-3-6-12-20(16)25-15-14-23-22(24)17(2)26-21-13-7-10-18-9-4-5-11-19(18)21/h3-13,17H,14-15H2,1-2H3,(H,23,24)/t17-/m1/s1. The Labute approximate surface area is 153 Å². The maximum atomic E-state index is 12.3. The summed E-state index contributed by atoms with van der Waals surface area (Å²) in [6.07, 6.45) is -0.584. The average Bonchev–Trinajstić information content (AvgIpc) is 2.66. The number of para-hydroxylation sites is 1. The summed E-state index contributed by atoms with van der Waals surface area (Å²) < 4.78 is 11.6. The van der Waals surface area contributed by atoms with Crippen molar-refractivity contribution in [3.05, 3.63) is 72.3 Å². The first-order chi connectivity index (χ1) is 12.6. The van der Waals surface area contributed by atoms with E-state index in [1.807, 2.05) is 73.7 Å². The zero-order chi connectivity index (χ0) is 18.4. The van der Waals surface area contributed by atoms with Gasteiger partial charge in [0.25, 0.3) is 5.91 Å². The van der Waals surface area contributed by atoms with Crippen LogP contribution in [0.2, 0.25) is 0 Å². The largest absolute Gasteiger partial charge is 0.491 e. The Kier molecular flexibility index (Phi) is 5.74. The second kappa shape index (κ2) is 8.39. The Morgan fingerprint density at radius 1 is 0.962 bits per heavy atom. The fraction of sp³-hybridized carbons (Fsp3) is 0.227. The summed E-state index contributed by atoms with van der Waals surface area (Å²) in [5.41, 5.74) is 1.08. The number of hydrogen-bond acceptors (Lipinski definition) is 3. The molecule has 1 amide bonds. The van der Waals surface area contributed by atoms with Crippen LogP contribution in [0.4, 0.5) is 0 Å². The number of ether oxygens (including phenoxy) is 2. The van der Waals surface area contributed by atoms with Crippen LogP contribution >= 0.6 is 0 Å². The van der Waals surface area contributed by atoms with Gasteiger partial charge in [-0.3, -0.25) is 4.79 Å². The second-order valence-corrected chi connectivity index (χ2v) is 6.14. The molecule has 134 valence electrons. The fourth-order valence-corrected chi connectivity index (χ4v) is 2.74. The molecule has 1 N–H and O–H groups in total. The smallest absolute Gasteiger partial charge is 0.260 e. The van der Waals surface area contributed by atoms with Crippen molar-refractivity contribution in [1.82, 2.24) is 5.32 Å². The van der Waals surface area contributed by atoms with Crippen LogP contribution in [0.25, 0.3) is 10.8 Å². The summed E-state index contributed by atoms with van der Waals surface area (Å²) in [6.45, 7) is 4.58. The normalized spacial score (nSPS) is 11.8. The van der Waals surface area contributed by atoms with Crippen LogP contribution in [0.15, 0.2) is 66.7 Å². The third-order valence-electron chi connectivity index (χ3n) is 4.18. The molecule has 1 atom stereocenters.